The zero-order valence-electron chi connectivity index (χ0n) is 17.5. The number of carbonyl (C=O) groups is 1. The maximum atomic E-state index is 13.9. The number of hydrogen-bond acceptors (Lipinski definition) is 6. The number of rotatable bonds is 5. The number of amides is 1. The van der Waals surface area contributed by atoms with Crippen LogP contribution in [0.2, 0.25) is 0 Å². The van der Waals surface area contributed by atoms with E-state index in [4.69, 9.17) is 4.52 Å². The van der Waals surface area contributed by atoms with Gasteiger partial charge in [-0.1, -0.05) is 5.16 Å². The van der Waals surface area contributed by atoms with E-state index in [9.17, 15) is 32.0 Å². The molecule has 33 heavy (non-hydrogen) atoms. The number of aryl methyl sites for hydroxylation is 1. The molecule has 3 aromatic heterocycles. The van der Waals surface area contributed by atoms with Gasteiger partial charge in [0.05, 0.1) is 16.1 Å². The molecule has 0 unspecified atom stereocenters. The normalized spacial score (nSPS) is 14.4. The van der Waals surface area contributed by atoms with Crippen LogP contribution in [0.5, 0.6) is 0 Å². The van der Waals surface area contributed by atoms with Crippen molar-refractivity contribution in [2.45, 2.75) is 37.9 Å². The van der Waals surface area contributed by atoms with Crippen LogP contribution in [0.25, 0.3) is 22.0 Å². The molecular weight excluding hydrogens is 469 g/mol. The average Bonchev–Trinajstić information content (AvgIpc) is 3.18. The Hall–Kier alpha value is -3.27. The molecule has 0 aromatic carbocycles. The van der Waals surface area contributed by atoms with Crippen LogP contribution in [0.1, 0.15) is 39.3 Å². The number of hydrogen-bond donors (Lipinski definition) is 0. The number of carbonyl (C=O) groups excluding carboxylic acids is 1. The lowest BCUT2D eigenvalue weighted by atomic mass is 10.1. The van der Waals surface area contributed by atoms with E-state index >= 15 is 0 Å². The summed E-state index contributed by atoms with van der Waals surface area (Å²) in [5, 5.41) is 16.6. The molecule has 3 aromatic rings. The summed E-state index contributed by atoms with van der Waals surface area (Å²) in [6.07, 6.45) is -4.02. The van der Waals surface area contributed by atoms with Gasteiger partial charge in [-0.3, -0.25) is 9.48 Å². The van der Waals surface area contributed by atoms with Crippen LogP contribution in [-0.2, 0) is 13.0 Å². The monoisotopic (exact) mass is 485 g/mol. The highest BCUT2D eigenvalue weighted by atomic mass is 32.1. The molecule has 0 atom stereocenters. The van der Waals surface area contributed by atoms with Crippen molar-refractivity contribution < 1.29 is 31.3 Å². The molecule has 4 rings (SSSR count). The van der Waals surface area contributed by atoms with Gasteiger partial charge in [0.2, 0.25) is 0 Å². The van der Waals surface area contributed by atoms with Crippen LogP contribution in [-0.4, -0.2) is 45.0 Å². The summed E-state index contributed by atoms with van der Waals surface area (Å²) in [6.45, 7) is 1.09. The zero-order valence-corrected chi connectivity index (χ0v) is 18.3. The topological polar surface area (TPSA) is 88.0 Å². The van der Waals surface area contributed by atoms with Gasteiger partial charge in [0.15, 0.2) is 5.76 Å². The van der Waals surface area contributed by atoms with E-state index in [1.54, 1.807) is 11.9 Å². The van der Waals surface area contributed by atoms with Crippen LogP contribution in [0, 0.1) is 18.3 Å². The Bertz CT molecular complexity index is 1280. The predicted octanol–water partition coefficient (Wildman–Crippen LogP) is 4.87. The molecule has 1 aliphatic carbocycles. The quantitative estimate of drug-likeness (QED) is 0.481. The first-order chi connectivity index (χ1) is 15.4. The number of nitrogens with zero attached hydrogens (tertiary/aromatic N) is 5. The maximum Gasteiger partial charge on any atom is 0.459 e. The summed E-state index contributed by atoms with van der Waals surface area (Å²) in [5.74, 6) is -5.32. The average molecular weight is 485 g/mol. The third-order valence-corrected chi connectivity index (χ3v) is 6.47. The highest BCUT2D eigenvalue weighted by Crippen LogP contribution is 2.46. The zero-order chi connectivity index (χ0) is 24.3. The Balaban J connectivity index is 1.70. The van der Waals surface area contributed by atoms with Gasteiger partial charge in [-0.25, -0.2) is 0 Å². The maximum absolute atomic E-state index is 13.9. The molecule has 0 aliphatic heterocycles. The van der Waals surface area contributed by atoms with Gasteiger partial charge in [-0.05, 0) is 25.8 Å². The second kappa shape index (κ2) is 7.65. The van der Waals surface area contributed by atoms with E-state index in [-0.39, 0.29) is 39.5 Å². The fourth-order valence-corrected chi connectivity index (χ4v) is 4.39. The summed E-state index contributed by atoms with van der Waals surface area (Å²) in [5.41, 5.74) is -1.71. The third-order valence-electron chi connectivity index (χ3n) is 5.41. The second-order valence-electron chi connectivity index (χ2n) is 7.71. The molecule has 0 N–H and O–H groups in total. The number of halogens is 5. The van der Waals surface area contributed by atoms with E-state index in [0.29, 0.717) is 4.88 Å². The largest absolute Gasteiger partial charge is 0.459 e. The number of alkyl halides is 5. The lowest BCUT2D eigenvalue weighted by molar-refractivity contribution is -0.291. The summed E-state index contributed by atoms with van der Waals surface area (Å²) < 4.78 is 72.4. The minimum Gasteiger partial charge on any atom is -0.355 e. The van der Waals surface area contributed by atoms with E-state index in [0.717, 1.165) is 35.8 Å². The predicted molar refractivity (Wildman–Crippen MR) is 107 cm³/mol. The minimum atomic E-state index is -5.81. The Morgan fingerprint density at radius 3 is 2.55 bits per heavy atom. The van der Waals surface area contributed by atoms with Crippen LogP contribution >= 0.6 is 11.3 Å². The number of thiophene rings is 1. The molecule has 174 valence electrons. The summed E-state index contributed by atoms with van der Waals surface area (Å²) >= 11 is 0.987. The highest BCUT2D eigenvalue weighted by Gasteiger charge is 2.61. The molecule has 1 fully saturated rings. The van der Waals surface area contributed by atoms with Gasteiger partial charge in [-0.15, -0.1) is 11.3 Å². The van der Waals surface area contributed by atoms with E-state index in [1.165, 1.54) is 19.2 Å². The molecule has 13 heteroatoms. The van der Waals surface area contributed by atoms with E-state index in [2.05, 4.69) is 10.3 Å². The summed E-state index contributed by atoms with van der Waals surface area (Å²) in [6, 6.07) is 4.94. The van der Waals surface area contributed by atoms with Crippen molar-refractivity contribution in [2.75, 3.05) is 7.05 Å². The van der Waals surface area contributed by atoms with Gasteiger partial charge in [0.1, 0.15) is 22.3 Å². The second-order valence-corrected chi connectivity index (χ2v) is 8.76. The standard InChI is InChI=1S/C20H16F5N5O2S/c1-9-16(30(3)27-17(9)19(21,22)20(23,24)25)12-7-13(32-28-12)14-6-11(15(8-26)33-14)18(31)29(2)10-4-5-10/h6-7,10H,4-5H2,1-3H3. The molecular formula is C20H16F5N5O2S. The Morgan fingerprint density at radius 2 is 1.97 bits per heavy atom. The van der Waals surface area contributed by atoms with Crippen LogP contribution in [0.15, 0.2) is 16.7 Å². The van der Waals surface area contributed by atoms with E-state index < -0.39 is 23.4 Å². The molecule has 0 spiro atoms. The van der Waals surface area contributed by atoms with E-state index in [1.807, 2.05) is 6.07 Å². The molecule has 1 aliphatic rings. The molecule has 7 nitrogen and oxygen atoms in total. The fourth-order valence-electron chi connectivity index (χ4n) is 3.50. The van der Waals surface area contributed by atoms with Crippen molar-refractivity contribution in [3.63, 3.8) is 0 Å². The first-order valence-electron chi connectivity index (χ1n) is 9.64. The van der Waals surface area contributed by atoms with Crippen LogP contribution in [0.3, 0.4) is 0 Å². The van der Waals surface area contributed by atoms with Crippen LogP contribution < -0.4 is 0 Å². The molecule has 0 radical (unpaired) electrons. The van der Waals surface area contributed by atoms with Crippen LogP contribution in [0.4, 0.5) is 22.0 Å². The van der Waals surface area contributed by atoms with Crippen molar-refractivity contribution in [3.05, 3.63) is 33.8 Å². The number of nitriles is 1. The Morgan fingerprint density at radius 1 is 1.30 bits per heavy atom. The minimum absolute atomic E-state index is 0.0170. The highest BCUT2D eigenvalue weighted by molar-refractivity contribution is 7.16. The fraction of sp³-hybridized carbons (Fsp3) is 0.400. The summed E-state index contributed by atoms with van der Waals surface area (Å²) in [4.78, 5) is 14.8. The third kappa shape index (κ3) is 3.78. The first kappa shape index (κ1) is 22.9. The van der Waals surface area contributed by atoms with Crippen molar-refractivity contribution in [1.29, 1.82) is 5.26 Å². The molecule has 1 saturated carbocycles. The van der Waals surface area contributed by atoms with Crippen molar-refractivity contribution >= 4 is 17.2 Å². The van der Waals surface area contributed by atoms with Crippen molar-refractivity contribution in [2.24, 2.45) is 7.05 Å². The first-order valence-corrected chi connectivity index (χ1v) is 10.5. The molecule has 3 heterocycles. The summed E-state index contributed by atoms with van der Waals surface area (Å²) in [7, 11) is 2.88. The van der Waals surface area contributed by atoms with Gasteiger partial charge < -0.3 is 9.42 Å². The van der Waals surface area contributed by atoms with Crippen molar-refractivity contribution in [3.8, 4) is 28.1 Å². The molecule has 1 amide bonds. The molecule has 0 saturated heterocycles. The molecule has 0 bridgehead atoms. The smallest absolute Gasteiger partial charge is 0.355 e. The Kier molecular flexibility index (Phi) is 5.31. The Labute approximate surface area is 188 Å². The lowest BCUT2D eigenvalue weighted by Gasteiger charge is -2.17. The lowest BCUT2D eigenvalue weighted by Crippen LogP contribution is -2.34. The van der Waals surface area contributed by atoms with Gasteiger partial charge in [0.25, 0.3) is 5.91 Å². The van der Waals surface area contributed by atoms with Gasteiger partial charge in [0, 0.05) is 31.8 Å². The van der Waals surface area contributed by atoms with Gasteiger partial charge in [-0.2, -0.15) is 32.3 Å². The van der Waals surface area contributed by atoms with Crippen molar-refractivity contribution in [1.82, 2.24) is 19.8 Å². The van der Waals surface area contributed by atoms with Gasteiger partial charge >= 0.3 is 12.1 Å². The number of aromatic nitrogens is 3. The SMILES string of the molecule is Cc1c(C(F)(F)C(F)(F)F)nn(C)c1-c1cc(-c2cc(C(=O)N(C)C3CC3)c(C#N)s2)on1.